The zero-order chi connectivity index (χ0) is 18.6. The van der Waals surface area contributed by atoms with Crippen molar-refractivity contribution >= 4 is 33.3 Å². The van der Waals surface area contributed by atoms with E-state index in [9.17, 15) is 18.0 Å². The van der Waals surface area contributed by atoms with Crippen LogP contribution in [-0.2, 0) is 16.8 Å². The maximum atomic E-state index is 13.2. The van der Waals surface area contributed by atoms with E-state index in [1.807, 2.05) is 5.48 Å². The van der Waals surface area contributed by atoms with E-state index in [2.05, 4.69) is 24.7 Å². The van der Waals surface area contributed by atoms with Gasteiger partial charge in [-0.15, -0.1) is 0 Å². The lowest BCUT2D eigenvalue weighted by molar-refractivity contribution is 0.234. The summed E-state index contributed by atoms with van der Waals surface area (Å²) in [6.45, 7) is -0.260. The molecule has 0 saturated heterocycles. The first-order valence-corrected chi connectivity index (χ1v) is 8.49. The molecule has 0 saturated carbocycles. The first kappa shape index (κ1) is 19.2. The fourth-order valence-corrected chi connectivity index (χ4v) is 2.36. The molecule has 0 amide bonds. The molecule has 0 unspecified atom stereocenters. The molecule has 25 heavy (non-hydrogen) atoms. The summed E-state index contributed by atoms with van der Waals surface area (Å²) < 4.78 is 44.4. The minimum Gasteiger partial charge on any atom is -0.290 e. The third-order valence-corrected chi connectivity index (χ3v) is 4.69. The highest BCUT2D eigenvalue weighted by Gasteiger charge is 2.20. The molecule has 2 aromatic rings. The molecule has 0 aliphatic rings. The zero-order valence-electron chi connectivity index (χ0n) is 13.1. The molecule has 0 atom stereocenters. The zero-order valence-corrected chi connectivity index (χ0v) is 14.6. The van der Waals surface area contributed by atoms with E-state index in [1.165, 1.54) is 26.2 Å². The summed E-state index contributed by atoms with van der Waals surface area (Å²) in [4.78, 5) is 4.02. The Morgan fingerprint density at radius 2 is 2.16 bits per heavy atom. The Bertz CT molecular complexity index is 885. The van der Waals surface area contributed by atoms with Crippen LogP contribution >= 0.6 is 11.6 Å². The maximum Gasteiger partial charge on any atom is 0.279 e. The van der Waals surface area contributed by atoms with Crippen molar-refractivity contribution in [3.05, 3.63) is 40.4 Å². The Morgan fingerprint density at radius 3 is 2.76 bits per heavy atom. The number of hydroxylamine groups is 1. The Morgan fingerprint density at radius 1 is 1.44 bits per heavy atom. The van der Waals surface area contributed by atoms with Gasteiger partial charge in [0.05, 0.1) is 17.3 Å². The predicted octanol–water partition coefficient (Wildman–Crippen LogP) is 0.815. The van der Waals surface area contributed by atoms with Crippen LogP contribution in [0.25, 0.3) is 0 Å². The number of hydrogen-bond donors (Lipinski definition) is 3. The van der Waals surface area contributed by atoms with Crippen molar-refractivity contribution in [1.29, 1.82) is 0 Å². The molecule has 0 aliphatic heterocycles. The fraction of sp³-hybridized carbons (Fsp3) is 0.250. The quantitative estimate of drug-likeness (QED) is 0.376. The average molecular weight is 393 g/mol. The predicted molar refractivity (Wildman–Crippen MR) is 86.3 cm³/mol. The van der Waals surface area contributed by atoms with E-state index in [1.54, 1.807) is 0 Å². The van der Waals surface area contributed by atoms with E-state index >= 15 is 0 Å². The van der Waals surface area contributed by atoms with Crippen molar-refractivity contribution in [1.82, 2.24) is 24.8 Å². The molecule has 13 heteroatoms. The third-order valence-electron chi connectivity index (χ3n) is 2.93. The van der Waals surface area contributed by atoms with Gasteiger partial charge in [0.1, 0.15) is 11.5 Å². The lowest BCUT2D eigenvalue weighted by Crippen LogP contribution is -2.35. The molecule has 136 valence electrons. The summed E-state index contributed by atoms with van der Waals surface area (Å²) in [5.41, 5.74) is 2.05. The summed E-state index contributed by atoms with van der Waals surface area (Å²) in [7, 11) is -0.997. The van der Waals surface area contributed by atoms with E-state index in [-0.39, 0.29) is 34.5 Å². The summed E-state index contributed by atoms with van der Waals surface area (Å²) in [6.07, 6.45) is 0. The highest BCUT2D eigenvalue weighted by molar-refractivity contribution is 7.87. The van der Waals surface area contributed by atoms with Gasteiger partial charge >= 0.3 is 0 Å². The van der Waals surface area contributed by atoms with Crippen LogP contribution in [0.1, 0.15) is 11.4 Å². The fourth-order valence-electron chi connectivity index (χ4n) is 1.61. The van der Waals surface area contributed by atoms with Crippen molar-refractivity contribution in [2.24, 2.45) is 4.99 Å². The number of halogens is 2. The molecule has 2 rings (SSSR count). The van der Waals surface area contributed by atoms with Crippen LogP contribution in [-0.4, -0.2) is 48.2 Å². The van der Waals surface area contributed by atoms with Gasteiger partial charge in [0.2, 0.25) is 0 Å². The van der Waals surface area contributed by atoms with Gasteiger partial charge in [-0.3, -0.25) is 10.7 Å². The number of amidine groups is 1. The monoisotopic (exact) mass is 392 g/mol. The number of benzene rings is 1. The second-order valence-electron chi connectivity index (χ2n) is 4.84. The lowest BCUT2D eigenvalue weighted by Gasteiger charge is -2.11. The molecule has 0 aliphatic carbocycles. The van der Waals surface area contributed by atoms with Gasteiger partial charge in [-0.2, -0.15) is 17.4 Å². The SMILES string of the molecule is CN(C)S(=O)(=O)NCc1nonc1C(=Nc1ccc(F)c(Cl)c1)NO. The minimum absolute atomic E-state index is 0.0376. The molecular weight excluding hydrogens is 379 g/mol. The molecule has 3 N–H and O–H groups in total. The highest BCUT2D eigenvalue weighted by Crippen LogP contribution is 2.22. The summed E-state index contributed by atoms with van der Waals surface area (Å²) in [6, 6.07) is 3.65. The van der Waals surface area contributed by atoms with E-state index < -0.39 is 16.0 Å². The summed E-state index contributed by atoms with van der Waals surface area (Å²) in [5.74, 6) is -0.816. The number of rotatable bonds is 6. The second-order valence-corrected chi connectivity index (χ2v) is 7.21. The molecular formula is C12H14ClFN6O4S. The van der Waals surface area contributed by atoms with Crippen molar-refractivity contribution in [2.75, 3.05) is 14.1 Å². The van der Waals surface area contributed by atoms with Crippen molar-refractivity contribution in [3.63, 3.8) is 0 Å². The maximum absolute atomic E-state index is 13.2. The Hall–Kier alpha value is -2.12. The number of aromatic nitrogens is 2. The first-order chi connectivity index (χ1) is 11.7. The van der Waals surface area contributed by atoms with Gasteiger partial charge < -0.3 is 0 Å². The van der Waals surface area contributed by atoms with Crippen LogP contribution < -0.4 is 10.2 Å². The van der Waals surface area contributed by atoms with Crippen LogP contribution in [0.3, 0.4) is 0 Å². The Labute approximate surface area is 147 Å². The van der Waals surface area contributed by atoms with Gasteiger partial charge in [0.15, 0.2) is 11.5 Å². The van der Waals surface area contributed by atoms with Crippen molar-refractivity contribution < 1.29 is 22.6 Å². The standard InChI is InChI=1S/C12H14ClFN6O4S/c1-20(2)25(22,23)15-6-10-11(19-24-18-10)12(17-21)16-7-3-4-9(14)8(13)5-7/h3-5,15,21H,6H2,1-2H3,(H,16,17). The molecule has 10 nitrogen and oxygen atoms in total. The molecule has 1 aromatic heterocycles. The number of nitrogens with one attached hydrogen (secondary N) is 2. The van der Waals surface area contributed by atoms with Gasteiger partial charge in [-0.05, 0) is 23.4 Å². The largest absolute Gasteiger partial charge is 0.290 e. The normalized spacial score (nSPS) is 12.6. The molecule has 1 aromatic carbocycles. The van der Waals surface area contributed by atoms with Gasteiger partial charge in [0, 0.05) is 14.1 Å². The molecule has 0 bridgehead atoms. The van der Waals surface area contributed by atoms with Crippen LogP contribution in [0.2, 0.25) is 5.02 Å². The van der Waals surface area contributed by atoms with Crippen LogP contribution in [0.15, 0.2) is 27.8 Å². The van der Waals surface area contributed by atoms with Crippen LogP contribution in [0.4, 0.5) is 10.1 Å². The van der Waals surface area contributed by atoms with E-state index in [0.717, 1.165) is 10.4 Å². The molecule has 0 spiro atoms. The minimum atomic E-state index is -3.70. The smallest absolute Gasteiger partial charge is 0.279 e. The Kier molecular flexibility index (Phi) is 6.02. The number of aliphatic imine (C=N–C) groups is 1. The van der Waals surface area contributed by atoms with Crippen molar-refractivity contribution in [2.45, 2.75) is 6.54 Å². The number of hydrogen-bond acceptors (Lipinski definition) is 7. The second kappa shape index (κ2) is 7.84. The number of nitrogens with zero attached hydrogens (tertiary/aromatic N) is 4. The van der Waals surface area contributed by atoms with Crippen LogP contribution in [0, 0.1) is 5.82 Å². The first-order valence-electron chi connectivity index (χ1n) is 6.67. The average Bonchev–Trinajstić information content (AvgIpc) is 3.02. The van der Waals surface area contributed by atoms with E-state index in [0.29, 0.717) is 0 Å². The topological polar surface area (TPSA) is 133 Å². The van der Waals surface area contributed by atoms with E-state index in [4.69, 9.17) is 11.6 Å². The highest BCUT2D eigenvalue weighted by atomic mass is 35.5. The molecule has 1 heterocycles. The van der Waals surface area contributed by atoms with Gasteiger partial charge in [0.25, 0.3) is 10.2 Å². The van der Waals surface area contributed by atoms with Crippen molar-refractivity contribution in [3.8, 4) is 0 Å². The molecule has 0 fully saturated rings. The lowest BCUT2D eigenvalue weighted by atomic mass is 10.3. The third kappa shape index (κ3) is 4.70. The van der Waals surface area contributed by atoms with Gasteiger partial charge in [-0.1, -0.05) is 16.8 Å². The van der Waals surface area contributed by atoms with Crippen LogP contribution in [0.5, 0.6) is 0 Å². The Balaban J connectivity index is 2.29. The molecule has 0 radical (unpaired) electrons. The summed E-state index contributed by atoms with van der Waals surface area (Å²) >= 11 is 5.67. The van der Waals surface area contributed by atoms with Gasteiger partial charge in [-0.25, -0.2) is 14.0 Å². The summed E-state index contributed by atoms with van der Waals surface area (Å²) in [5, 5.41) is 16.3.